The zero-order valence-corrected chi connectivity index (χ0v) is 20.5. The monoisotopic (exact) mass is 565 g/mol. The first-order valence-electron chi connectivity index (χ1n) is 9.25. The van der Waals surface area contributed by atoms with Gasteiger partial charge in [0.2, 0.25) is 11.8 Å². The summed E-state index contributed by atoms with van der Waals surface area (Å²) in [5, 5.41) is 6.21. The average molecular weight is 566 g/mol. The molecule has 0 bridgehead atoms. The third-order valence-corrected chi connectivity index (χ3v) is 4.93. The van der Waals surface area contributed by atoms with Gasteiger partial charge in [-0.15, -0.1) is 24.0 Å². The summed E-state index contributed by atoms with van der Waals surface area (Å²) in [5.74, 6) is 0.848. The van der Waals surface area contributed by atoms with E-state index in [1.807, 2.05) is 36.9 Å². The molecule has 1 aromatic carbocycles. The fourth-order valence-corrected chi connectivity index (χ4v) is 3.22. The van der Waals surface area contributed by atoms with E-state index in [0.29, 0.717) is 26.1 Å². The maximum Gasteiger partial charge on any atom is 0.226 e. The second kappa shape index (κ2) is 12.3. The molecule has 28 heavy (non-hydrogen) atoms. The Kier molecular flexibility index (Phi) is 10.8. The summed E-state index contributed by atoms with van der Waals surface area (Å²) in [5.41, 5.74) is 1.83. The molecule has 0 atom stereocenters. The quantitative estimate of drug-likeness (QED) is 0.327. The van der Waals surface area contributed by atoms with Crippen LogP contribution in [-0.4, -0.2) is 66.8 Å². The molecule has 2 amide bonds. The number of nitrogens with one attached hydrogen (secondary N) is 2. The molecule has 1 heterocycles. The van der Waals surface area contributed by atoms with E-state index in [1.165, 1.54) is 0 Å². The Morgan fingerprint density at radius 2 is 1.82 bits per heavy atom. The van der Waals surface area contributed by atoms with Crippen LogP contribution in [0.5, 0.6) is 0 Å². The molecule has 2 N–H and O–H groups in total. The van der Waals surface area contributed by atoms with Crippen molar-refractivity contribution in [2.75, 3.05) is 44.6 Å². The molecule has 0 aromatic heterocycles. The van der Waals surface area contributed by atoms with Crippen LogP contribution in [0.1, 0.15) is 25.8 Å². The van der Waals surface area contributed by atoms with Crippen molar-refractivity contribution in [3.05, 3.63) is 28.2 Å². The number of amides is 2. The van der Waals surface area contributed by atoms with E-state index in [-0.39, 0.29) is 35.8 Å². The van der Waals surface area contributed by atoms with Crippen molar-refractivity contribution in [2.24, 2.45) is 4.99 Å². The van der Waals surface area contributed by atoms with Crippen LogP contribution in [0.2, 0.25) is 0 Å². The highest BCUT2D eigenvalue weighted by Gasteiger charge is 2.20. The molecule has 0 spiro atoms. The van der Waals surface area contributed by atoms with Gasteiger partial charge < -0.3 is 20.4 Å². The van der Waals surface area contributed by atoms with Crippen molar-refractivity contribution < 1.29 is 9.59 Å². The van der Waals surface area contributed by atoms with Crippen molar-refractivity contribution in [1.29, 1.82) is 0 Å². The molecule has 1 aliphatic rings. The largest absolute Gasteiger partial charge is 0.357 e. The van der Waals surface area contributed by atoms with E-state index in [4.69, 9.17) is 0 Å². The van der Waals surface area contributed by atoms with Gasteiger partial charge in [0, 0.05) is 56.2 Å². The number of nitrogens with zero attached hydrogens (tertiary/aromatic N) is 3. The Hall–Kier alpha value is -1.36. The van der Waals surface area contributed by atoms with Gasteiger partial charge in [-0.2, -0.15) is 0 Å². The molecule has 1 fully saturated rings. The predicted octanol–water partition coefficient (Wildman–Crippen LogP) is 2.83. The molecule has 0 aliphatic carbocycles. The highest BCUT2D eigenvalue weighted by molar-refractivity contribution is 14.0. The summed E-state index contributed by atoms with van der Waals surface area (Å²) in [6.45, 7) is 9.63. The Bertz CT molecular complexity index is 706. The summed E-state index contributed by atoms with van der Waals surface area (Å²) in [7, 11) is 0. The van der Waals surface area contributed by atoms with Gasteiger partial charge in [-0.3, -0.25) is 14.6 Å². The van der Waals surface area contributed by atoms with E-state index < -0.39 is 0 Å². The molecule has 1 aliphatic heterocycles. The smallest absolute Gasteiger partial charge is 0.226 e. The second-order valence-electron chi connectivity index (χ2n) is 6.49. The van der Waals surface area contributed by atoms with Crippen molar-refractivity contribution in [1.82, 2.24) is 15.1 Å². The number of carbonyl (C=O) groups is 2. The second-order valence-corrected chi connectivity index (χ2v) is 7.40. The standard InChI is InChI=1S/C19H28BrN5O2.HI/c1-4-21-19(25-11-9-24(10-12-25)15(3)26)22-8-7-18(27)23-17-13-16(20)6-5-14(17)2;/h5-6,13H,4,7-12H2,1-3H3,(H,21,22)(H,23,27);1H. The number of halogens is 2. The van der Waals surface area contributed by atoms with Gasteiger partial charge in [0.05, 0.1) is 6.54 Å². The van der Waals surface area contributed by atoms with Crippen LogP contribution in [0.3, 0.4) is 0 Å². The molecular formula is C19H29BrIN5O2. The molecule has 0 saturated carbocycles. The Morgan fingerprint density at radius 3 is 2.43 bits per heavy atom. The van der Waals surface area contributed by atoms with Gasteiger partial charge >= 0.3 is 0 Å². The summed E-state index contributed by atoms with van der Waals surface area (Å²) in [4.78, 5) is 32.3. The van der Waals surface area contributed by atoms with E-state index in [0.717, 1.165) is 41.3 Å². The lowest BCUT2D eigenvalue weighted by molar-refractivity contribution is -0.130. The number of aliphatic imine (C=N–C) groups is 1. The Balaban J connectivity index is 0.00000392. The van der Waals surface area contributed by atoms with Crippen LogP contribution in [-0.2, 0) is 9.59 Å². The number of hydrogen-bond acceptors (Lipinski definition) is 3. The number of anilines is 1. The van der Waals surface area contributed by atoms with Gasteiger partial charge in [0.15, 0.2) is 5.96 Å². The maximum absolute atomic E-state index is 12.2. The third kappa shape index (κ3) is 7.57. The molecule has 7 nitrogen and oxygen atoms in total. The molecule has 9 heteroatoms. The van der Waals surface area contributed by atoms with Crippen molar-refractivity contribution in [3.63, 3.8) is 0 Å². The molecule has 1 saturated heterocycles. The molecule has 0 radical (unpaired) electrons. The number of aryl methyl sites for hydroxylation is 1. The van der Waals surface area contributed by atoms with Crippen molar-refractivity contribution in [3.8, 4) is 0 Å². The van der Waals surface area contributed by atoms with Crippen molar-refractivity contribution >= 4 is 63.4 Å². The predicted molar refractivity (Wildman–Crippen MR) is 127 cm³/mol. The first kappa shape index (κ1) is 24.7. The fraction of sp³-hybridized carbons (Fsp3) is 0.526. The van der Waals surface area contributed by atoms with Crippen LogP contribution in [0, 0.1) is 6.92 Å². The van der Waals surface area contributed by atoms with Gasteiger partial charge in [-0.25, -0.2) is 0 Å². The molecule has 156 valence electrons. The minimum absolute atomic E-state index is 0. The third-order valence-electron chi connectivity index (χ3n) is 4.43. The summed E-state index contributed by atoms with van der Waals surface area (Å²) in [6, 6.07) is 5.81. The molecule has 2 rings (SSSR count). The lowest BCUT2D eigenvalue weighted by atomic mass is 10.2. The lowest BCUT2D eigenvalue weighted by Crippen LogP contribution is -2.53. The van der Waals surface area contributed by atoms with E-state index in [9.17, 15) is 9.59 Å². The van der Waals surface area contributed by atoms with E-state index in [1.54, 1.807) is 6.92 Å². The van der Waals surface area contributed by atoms with Gasteiger partial charge in [-0.1, -0.05) is 22.0 Å². The topological polar surface area (TPSA) is 77.0 Å². The van der Waals surface area contributed by atoms with E-state index in [2.05, 4.69) is 36.5 Å². The number of guanidine groups is 1. The summed E-state index contributed by atoms with van der Waals surface area (Å²) < 4.78 is 0.931. The highest BCUT2D eigenvalue weighted by Crippen LogP contribution is 2.20. The average Bonchev–Trinajstić information content (AvgIpc) is 2.64. The normalized spacial score (nSPS) is 14.4. The van der Waals surface area contributed by atoms with Crippen LogP contribution in [0.15, 0.2) is 27.7 Å². The fourth-order valence-electron chi connectivity index (χ4n) is 2.86. The first-order chi connectivity index (χ1) is 12.9. The van der Waals surface area contributed by atoms with Gasteiger partial charge in [-0.05, 0) is 31.5 Å². The minimum Gasteiger partial charge on any atom is -0.357 e. The van der Waals surface area contributed by atoms with Gasteiger partial charge in [0.25, 0.3) is 0 Å². The SMILES string of the molecule is CCNC(=NCCC(=O)Nc1cc(Br)ccc1C)N1CCN(C(C)=O)CC1.I. The zero-order valence-electron chi connectivity index (χ0n) is 16.6. The first-order valence-corrected chi connectivity index (χ1v) is 10.0. The van der Waals surface area contributed by atoms with Crippen LogP contribution < -0.4 is 10.6 Å². The number of carbonyl (C=O) groups excluding carboxylic acids is 2. The Labute approximate surface area is 192 Å². The van der Waals surface area contributed by atoms with Crippen LogP contribution in [0.25, 0.3) is 0 Å². The summed E-state index contributed by atoms with van der Waals surface area (Å²) in [6.07, 6.45) is 0.314. The number of hydrogen-bond donors (Lipinski definition) is 2. The lowest BCUT2D eigenvalue weighted by Gasteiger charge is -2.36. The number of piperazine rings is 1. The minimum atomic E-state index is -0.0582. The van der Waals surface area contributed by atoms with Gasteiger partial charge in [0.1, 0.15) is 0 Å². The number of rotatable bonds is 5. The molecule has 1 aromatic rings. The van der Waals surface area contributed by atoms with Crippen molar-refractivity contribution in [2.45, 2.75) is 27.2 Å². The van der Waals surface area contributed by atoms with Crippen LogP contribution >= 0.6 is 39.9 Å². The van der Waals surface area contributed by atoms with Crippen LogP contribution in [0.4, 0.5) is 5.69 Å². The summed E-state index contributed by atoms with van der Waals surface area (Å²) >= 11 is 3.42. The maximum atomic E-state index is 12.2. The molecular weight excluding hydrogens is 537 g/mol. The number of benzene rings is 1. The Morgan fingerprint density at radius 1 is 1.18 bits per heavy atom. The molecule has 0 unspecified atom stereocenters. The van der Waals surface area contributed by atoms with E-state index >= 15 is 0 Å². The highest BCUT2D eigenvalue weighted by atomic mass is 127. The zero-order chi connectivity index (χ0) is 19.8.